The Morgan fingerprint density at radius 2 is 1.83 bits per heavy atom. The van der Waals surface area contributed by atoms with Crippen molar-refractivity contribution in [3.8, 4) is 10.6 Å². The van der Waals surface area contributed by atoms with Crippen molar-refractivity contribution >= 4 is 46.3 Å². The van der Waals surface area contributed by atoms with Gasteiger partial charge in [0.05, 0.1) is 10.6 Å². The number of fused-ring (bicyclic) bond motifs is 1. The van der Waals surface area contributed by atoms with Crippen LogP contribution in [0.25, 0.3) is 10.6 Å². The summed E-state index contributed by atoms with van der Waals surface area (Å²) in [5.74, 6) is 1.15. The number of carbonyl (C=O) groups excluding carboxylic acids is 1. The molecule has 3 fully saturated rings. The highest BCUT2D eigenvalue weighted by Gasteiger charge is 2.39. The summed E-state index contributed by atoms with van der Waals surface area (Å²) >= 11 is 2.62. The highest BCUT2D eigenvalue weighted by atomic mass is 32.2. The smallest absolute Gasteiger partial charge is 0.368 e. The molecule has 0 bridgehead atoms. The van der Waals surface area contributed by atoms with E-state index in [4.69, 9.17) is 0 Å². The number of benzene rings is 1. The van der Waals surface area contributed by atoms with Crippen molar-refractivity contribution < 1.29 is 18.0 Å². The third-order valence-electron chi connectivity index (χ3n) is 8.28. The van der Waals surface area contributed by atoms with Crippen molar-refractivity contribution in [3.05, 3.63) is 46.5 Å². The molecule has 1 aromatic carbocycles. The number of nitrogens with one attached hydrogen (secondary N) is 2. The van der Waals surface area contributed by atoms with Gasteiger partial charge in [-0.3, -0.25) is 4.79 Å². The number of piperazine rings is 1. The lowest BCUT2D eigenvalue weighted by molar-refractivity contribution is -0.137. The average molecular weight is 615 g/mol. The maximum Gasteiger partial charge on any atom is 0.420 e. The number of aromatic nitrogens is 2. The van der Waals surface area contributed by atoms with Crippen LogP contribution in [0.3, 0.4) is 0 Å². The first-order chi connectivity index (χ1) is 20.1. The van der Waals surface area contributed by atoms with E-state index in [9.17, 15) is 18.0 Å². The molecule has 2 N–H and O–H groups in total. The van der Waals surface area contributed by atoms with Gasteiger partial charge in [-0.25, -0.2) is 9.97 Å². The molecule has 3 aromatic rings. The maximum absolute atomic E-state index is 14.2. The normalized spacial score (nSPS) is 23.1. The molecule has 0 spiro atoms. The van der Waals surface area contributed by atoms with Crippen LogP contribution in [-0.2, 0) is 6.18 Å². The fourth-order valence-electron chi connectivity index (χ4n) is 6.06. The Labute approximate surface area is 251 Å². The SMILES string of the molecule is CC1CN(c2ccc(Nc3ncc(C(F)(F)F)c(-c4cc5c(s4)C(=O)N(C4CC4)CCS5)n3)c(C3CC3)c2)CC(C)N1. The predicted octanol–water partition coefficient (Wildman–Crippen LogP) is 6.74. The minimum absolute atomic E-state index is 0.0860. The van der Waals surface area contributed by atoms with Crippen LogP contribution in [0.15, 0.2) is 35.4 Å². The number of hydrogen-bond acceptors (Lipinski definition) is 8. The Morgan fingerprint density at radius 3 is 2.52 bits per heavy atom. The lowest BCUT2D eigenvalue weighted by Gasteiger charge is -2.38. The van der Waals surface area contributed by atoms with E-state index in [1.807, 2.05) is 11.0 Å². The third-order valence-corrected chi connectivity index (χ3v) is 10.6. The minimum atomic E-state index is -4.63. The van der Waals surface area contributed by atoms with Crippen molar-refractivity contribution in [2.24, 2.45) is 0 Å². The number of alkyl halides is 3. The molecule has 42 heavy (non-hydrogen) atoms. The standard InChI is InChI=1S/C30H33F3N6OS2/c1-16-14-38(15-17(2)35-16)20-7-8-23(21(11-20)18-3-4-18)36-29-34-13-22(30(31,32)33)26(37-29)24-12-25-27(42-24)28(40)39(9-10-41-25)19-5-6-19/h7-8,11-13,16-19,35H,3-6,9-10,14-15H2,1-2H3,(H,34,36,37). The van der Waals surface area contributed by atoms with E-state index in [0.29, 0.717) is 34.3 Å². The van der Waals surface area contributed by atoms with E-state index >= 15 is 0 Å². The molecule has 222 valence electrons. The molecule has 0 radical (unpaired) electrons. The Kier molecular flexibility index (Phi) is 7.13. The van der Waals surface area contributed by atoms with Gasteiger partial charge in [-0.2, -0.15) is 13.2 Å². The number of rotatable bonds is 6. The van der Waals surface area contributed by atoms with Crippen LogP contribution >= 0.6 is 23.1 Å². The Hall–Kier alpha value is -2.83. The molecule has 2 saturated carbocycles. The summed E-state index contributed by atoms with van der Waals surface area (Å²) in [5.41, 5.74) is 2.01. The van der Waals surface area contributed by atoms with Gasteiger partial charge in [0.15, 0.2) is 0 Å². The number of thioether (sulfide) groups is 1. The molecule has 1 amide bonds. The average Bonchev–Trinajstić information content (AvgIpc) is 3.87. The van der Waals surface area contributed by atoms with Crippen molar-refractivity contribution in [1.82, 2.24) is 20.2 Å². The lowest BCUT2D eigenvalue weighted by Crippen LogP contribution is -2.54. The van der Waals surface area contributed by atoms with E-state index in [1.165, 1.54) is 11.8 Å². The first-order valence-corrected chi connectivity index (χ1v) is 16.4. The summed E-state index contributed by atoms with van der Waals surface area (Å²) in [5, 5.41) is 6.81. The number of amides is 1. The van der Waals surface area contributed by atoms with Crippen LogP contribution in [0.1, 0.15) is 66.2 Å². The van der Waals surface area contributed by atoms with E-state index in [1.54, 1.807) is 6.07 Å². The molecule has 2 aliphatic carbocycles. The molecule has 1 saturated heterocycles. The van der Waals surface area contributed by atoms with Crippen molar-refractivity contribution in [2.45, 2.75) is 74.6 Å². The number of halogens is 3. The van der Waals surface area contributed by atoms with Gasteiger partial charge in [-0.1, -0.05) is 0 Å². The molecular weight excluding hydrogens is 581 g/mol. The summed E-state index contributed by atoms with van der Waals surface area (Å²) in [6.07, 6.45) is 0.354. The second kappa shape index (κ2) is 10.7. The maximum atomic E-state index is 14.2. The number of carbonyl (C=O) groups is 1. The van der Waals surface area contributed by atoms with Gasteiger partial charge in [0, 0.05) is 66.0 Å². The fraction of sp³-hybridized carbons (Fsp3) is 0.500. The van der Waals surface area contributed by atoms with Crippen molar-refractivity contribution in [3.63, 3.8) is 0 Å². The van der Waals surface area contributed by atoms with Crippen LogP contribution < -0.4 is 15.5 Å². The molecule has 4 aliphatic rings. The zero-order chi connectivity index (χ0) is 29.2. The van der Waals surface area contributed by atoms with E-state index < -0.39 is 11.7 Å². The second-order valence-electron chi connectivity index (χ2n) is 11.9. The van der Waals surface area contributed by atoms with Gasteiger partial charge in [0.25, 0.3) is 5.91 Å². The van der Waals surface area contributed by atoms with Gasteiger partial charge in [0.2, 0.25) is 5.95 Å². The Balaban J connectivity index is 1.22. The number of nitrogens with zero attached hydrogens (tertiary/aromatic N) is 4. The zero-order valence-electron chi connectivity index (χ0n) is 23.5. The molecule has 2 aromatic heterocycles. The summed E-state index contributed by atoms with van der Waals surface area (Å²) in [7, 11) is 0. The molecular formula is C30H33F3N6OS2. The topological polar surface area (TPSA) is 73.4 Å². The molecule has 7 nitrogen and oxygen atoms in total. The second-order valence-corrected chi connectivity index (χ2v) is 14.1. The zero-order valence-corrected chi connectivity index (χ0v) is 25.1. The Bertz CT molecular complexity index is 1510. The molecule has 7 rings (SSSR count). The number of anilines is 3. The van der Waals surface area contributed by atoms with Crippen LogP contribution in [0, 0.1) is 0 Å². The lowest BCUT2D eigenvalue weighted by atomic mass is 10.0. The largest absolute Gasteiger partial charge is 0.420 e. The molecule has 12 heteroatoms. The van der Waals surface area contributed by atoms with Crippen molar-refractivity contribution in [2.75, 3.05) is 35.6 Å². The van der Waals surface area contributed by atoms with Crippen molar-refractivity contribution in [1.29, 1.82) is 0 Å². The minimum Gasteiger partial charge on any atom is -0.368 e. The quantitative estimate of drug-likeness (QED) is 0.319. The van der Waals surface area contributed by atoms with Crippen LogP contribution in [0.2, 0.25) is 0 Å². The van der Waals surface area contributed by atoms with Crippen LogP contribution in [-0.4, -0.2) is 64.3 Å². The highest BCUT2D eigenvalue weighted by molar-refractivity contribution is 7.99. The first kappa shape index (κ1) is 28.0. The van der Waals surface area contributed by atoms with Crippen LogP contribution in [0.4, 0.5) is 30.5 Å². The summed E-state index contributed by atoms with van der Waals surface area (Å²) < 4.78 is 42.5. The molecule has 2 atom stereocenters. The summed E-state index contributed by atoms with van der Waals surface area (Å²) in [4.78, 5) is 27.6. The van der Waals surface area contributed by atoms with E-state index in [-0.39, 0.29) is 23.6 Å². The highest BCUT2D eigenvalue weighted by Crippen LogP contribution is 2.47. The molecule has 4 heterocycles. The van der Waals surface area contributed by atoms with E-state index in [2.05, 4.69) is 51.5 Å². The van der Waals surface area contributed by atoms with E-state index in [0.717, 1.165) is 83.9 Å². The molecule has 2 unspecified atom stereocenters. The fourth-order valence-corrected chi connectivity index (χ4v) is 8.37. The third kappa shape index (κ3) is 5.60. The predicted molar refractivity (Wildman–Crippen MR) is 161 cm³/mol. The molecule has 2 aliphatic heterocycles. The monoisotopic (exact) mass is 614 g/mol. The van der Waals surface area contributed by atoms with Gasteiger partial charge in [0.1, 0.15) is 10.4 Å². The first-order valence-electron chi connectivity index (χ1n) is 14.6. The number of hydrogen-bond donors (Lipinski definition) is 2. The summed E-state index contributed by atoms with van der Waals surface area (Å²) in [6.45, 7) is 6.86. The summed E-state index contributed by atoms with van der Waals surface area (Å²) in [6, 6.07) is 8.98. The Morgan fingerprint density at radius 1 is 1.07 bits per heavy atom. The van der Waals surface area contributed by atoms with Gasteiger partial charge in [-0.05, 0) is 75.3 Å². The van der Waals surface area contributed by atoms with Crippen LogP contribution in [0.5, 0.6) is 0 Å². The number of thiophene rings is 1. The van der Waals surface area contributed by atoms with Gasteiger partial charge >= 0.3 is 6.18 Å². The van der Waals surface area contributed by atoms with Gasteiger partial charge < -0.3 is 20.4 Å². The van der Waals surface area contributed by atoms with Gasteiger partial charge in [-0.15, -0.1) is 23.1 Å².